The van der Waals surface area contributed by atoms with E-state index in [9.17, 15) is 0 Å². The van der Waals surface area contributed by atoms with Gasteiger partial charge in [0.2, 0.25) is 0 Å². The molecule has 1 heterocycles. The molecular formula is C10H21NSi. The minimum atomic E-state index is 1.22. The van der Waals surface area contributed by atoms with E-state index in [0.29, 0.717) is 0 Å². The zero-order valence-electron chi connectivity index (χ0n) is 8.69. The van der Waals surface area contributed by atoms with Crippen molar-refractivity contribution in [3.63, 3.8) is 0 Å². The summed E-state index contributed by atoms with van der Waals surface area (Å²) in [5, 5.41) is 1.64. The highest BCUT2D eigenvalue weighted by Gasteiger charge is 2.08. The van der Waals surface area contributed by atoms with Gasteiger partial charge in [0, 0.05) is 13.1 Å². The Hall–Kier alpha value is -0.243. The van der Waals surface area contributed by atoms with Crippen LogP contribution in [-0.2, 0) is 0 Å². The van der Waals surface area contributed by atoms with Crippen molar-refractivity contribution < 1.29 is 0 Å². The van der Waals surface area contributed by atoms with Crippen molar-refractivity contribution in [1.29, 1.82) is 0 Å². The maximum atomic E-state index is 2.61. The molecule has 1 rings (SSSR count). The number of likely N-dealkylation sites (tertiary alicyclic amines) is 1. The molecule has 1 aliphatic rings. The first-order valence-electron chi connectivity index (χ1n) is 5.11. The largest absolute Gasteiger partial charge is 0.379 e. The van der Waals surface area contributed by atoms with E-state index in [1.165, 1.54) is 54.6 Å². The first-order chi connectivity index (χ1) is 5.72. The van der Waals surface area contributed by atoms with Gasteiger partial charge in [-0.3, -0.25) is 0 Å². The van der Waals surface area contributed by atoms with E-state index < -0.39 is 0 Å². The molecule has 0 aliphatic carbocycles. The third-order valence-electron chi connectivity index (χ3n) is 2.80. The summed E-state index contributed by atoms with van der Waals surface area (Å²) >= 11 is 0. The summed E-state index contributed by atoms with van der Waals surface area (Å²) in [6, 6.07) is 0. The van der Waals surface area contributed by atoms with Crippen LogP contribution < -0.4 is 0 Å². The van der Waals surface area contributed by atoms with Crippen molar-refractivity contribution in [2.24, 2.45) is 0 Å². The molecular weight excluding hydrogens is 162 g/mol. The first-order valence-corrected chi connectivity index (χ1v) is 6.11. The lowest BCUT2D eigenvalue weighted by molar-refractivity contribution is 0.377. The Kier molecular flexibility index (Phi) is 3.86. The first kappa shape index (κ1) is 9.84. The summed E-state index contributed by atoms with van der Waals surface area (Å²) in [6.07, 6.45) is 5.68. The number of hydrogen-bond acceptors (Lipinski definition) is 1. The zero-order valence-corrected chi connectivity index (χ0v) is 10.7. The van der Waals surface area contributed by atoms with E-state index >= 15 is 0 Å². The average molecular weight is 183 g/mol. The Morgan fingerprint density at radius 1 is 1.00 bits per heavy atom. The smallest absolute Gasteiger partial charge is 0.0589 e. The van der Waals surface area contributed by atoms with Gasteiger partial charge in [0.1, 0.15) is 0 Å². The molecule has 0 aromatic heterocycles. The second kappa shape index (κ2) is 4.70. The summed E-state index contributed by atoms with van der Waals surface area (Å²) in [6.45, 7) is 7.11. The van der Waals surface area contributed by atoms with Crippen LogP contribution in [0.4, 0.5) is 0 Å². The molecule has 2 heteroatoms. The molecule has 0 bridgehead atoms. The van der Waals surface area contributed by atoms with Crippen molar-refractivity contribution >= 4 is 10.2 Å². The van der Waals surface area contributed by atoms with Gasteiger partial charge in [-0.15, -0.1) is 0 Å². The molecule has 0 radical (unpaired) electrons. The van der Waals surface area contributed by atoms with Crippen LogP contribution in [0.15, 0.2) is 10.9 Å². The predicted molar refractivity (Wildman–Crippen MR) is 58.4 cm³/mol. The Balaban J connectivity index is 2.54. The molecule has 12 heavy (non-hydrogen) atoms. The normalized spacial score (nSPS) is 19.0. The predicted octanol–water partition coefficient (Wildman–Crippen LogP) is 1.48. The van der Waals surface area contributed by atoms with E-state index in [0.717, 1.165) is 0 Å². The van der Waals surface area contributed by atoms with Gasteiger partial charge >= 0.3 is 0 Å². The summed E-state index contributed by atoms with van der Waals surface area (Å²) < 4.78 is 0. The van der Waals surface area contributed by atoms with Gasteiger partial charge in [0.25, 0.3) is 0 Å². The molecule has 1 saturated heterocycles. The summed E-state index contributed by atoms with van der Waals surface area (Å²) in [5.74, 6) is 0. The van der Waals surface area contributed by atoms with Crippen LogP contribution in [0.2, 0.25) is 0 Å². The molecule has 0 amide bonds. The lowest BCUT2D eigenvalue weighted by Gasteiger charge is -2.24. The van der Waals surface area contributed by atoms with Crippen LogP contribution in [0.1, 0.15) is 39.5 Å². The average Bonchev–Trinajstić information content (AvgIpc) is 2.30. The molecule has 0 spiro atoms. The zero-order chi connectivity index (χ0) is 8.97. The Bertz CT molecular complexity index is 163. The van der Waals surface area contributed by atoms with Crippen molar-refractivity contribution in [3.05, 3.63) is 10.9 Å². The highest BCUT2D eigenvalue weighted by Crippen LogP contribution is 2.14. The minimum Gasteiger partial charge on any atom is -0.379 e. The lowest BCUT2D eigenvalue weighted by Crippen LogP contribution is -2.24. The molecule has 0 N–H and O–H groups in total. The molecule has 0 unspecified atom stereocenters. The van der Waals surface area contributed by atoms with Gasteiger partial charge in [0.05, 0.1) is 10.2 Å². The van der Waals surface area contributed by atoms with E-state index in [4.69, 9.17) is 0 Å². The number of hydrogen-bond donors (Lipinski definition) is 0. The van der Waals surface area contributed by atoms with Crippen molar-refractivity contribution in [2.45, 2.75) is 39.5 Å². The van der Waals surface area contributed by atoms with Gasteiger partial charge in [-0.25, -0.2) is 0 Å². The van der Waals surface area contributed by atoms with Crippen molar-refractivity contribution in [2.75, 3.05) is 13.1 Å². The number of nitrogens with zero attached hydrogens (tertiary/aromatic N) is 1. The lowest BCUT2D eigenvalue weighted by atomic mass is 10.2. The van der Waals surface area contributed by atoms with Gasteiger partial charge in [-0.1, -0.05) is 18.4 Å². The SMILES string of the molecule is CC(C)=C([SiH3])N1CCCCCC1. The maximum absolute atomic E-state index is 2.61. The fourth-order valence-corrected chi connectivity index (χ4v) is 2.17. The highest BCUT2D eigenvalue weighted by atomic mass is 28.1. The Morgan fingerprint density at radius 3 is 1.92 bits per heavy atom. The Morgan fingerprint density at radius 2 is 1.50 bits per heavy atom. The van der Waals surface area contributed by atoms with Crippen molar-refractivity contribution in [1.82, 2.24) is 4.90 Å². The number of rotatable bonds is 1. The van der Waals surface area contributed by atoms with Gasteiger partial charge < -0.3 is 4.90 Å². The van der Waals surface area contributed by atoms with E-state index in [2.05, 4.69) is 18.7 Å². The van der Waals surface area contributed by atoms with E-state index in [1.807, 2.05) is 0 Å². The monoisotopic (exact) mass is 183 g/mol. The molecule has 70 valence electrons. The second-order valence-electron chi connectivity index (χ2n) is 3.99. The molecule has 1 aliphatic heterocycles. The third kappa shape index (κ3) is 2.66. The summed E-state index contributed by atoms with van der Waals surface area (Å²) in [7, 11) is 1.22. The summed E-state index contributed by atoms with van der Waals surface area (Å²) in [5.41, 5.74) is 1.53. The fourth-order valence-electron chi connectivity index (χ4n) is 1.72. The Labute approximate surface area is 79.3 Å². The highest BCUT2D eigenvalue weighted by molar-refractivity contribution is 6.21. The summed E-state index contributed by atoms with van der Waals surface area (Å²) in [4.78, 5) is 2.61. The van der Waals surface area contributed by atoms with Gasteiger partial charge in [0.15, 0.2) is 0 Å². The quantitative estimate of drug-likeness (QED) is 0.557. The standard InChI is InChI=1S/C10H21NSi/c1-9(2)10(12)11-7-5-3-4-6-8-11/h3-8H2,1-2,12H3. The van der Waals surface area contributed by atoms with E-state index in [1.54, 1.807) is 5.32 Å². The molecule has 1 nitrogen and oxygen atoms in total. The van der Waals surface area contributed by atoms with Gasteiger partial charge in [-0.2, -0.15) is 0 Å². The molecule has 0 aromatic rings. The molecule has 0 atom stereocenters. The van der Waals surface area contributed by atoms with Crippen LogP contribution in [0.25, 0.3) is 0 Å². The third-order valence-corrected chi connectivity index (χ3v) is 4.44. The number of allylic oxidation sites excluding steroid dienone is 1. The fraction of sp³-hybridized carbons (Fsp3) is 0.800. The minimum absolute atomic E-state index is 1.22. The van der Waals surface area contributed by atoms with Crippen LogP contribution >= 0.6 is 0 Å². The topological polar surface area (TPSA) is 3.24 Å². The molecule has 0 saturated carbocycles. The van der Waals surface area contributed by atoms with Crippen LogP contribution in [-0.4, -0.2) is 28.2 Å². The van der Waals surface area contributed by atoms with E-state index in [-0.39, 0.29) is 0 Å². The van der Waals surface area contributed by atoms with Crippen molar-refractivity contribution in [3.8, 4) is 0 Å². The van der Waals surface area contributed by atoms with Crippen LogP contribution in [0.3, 0.4) is 0 Å². The van der Waals surface area contributed by atoms with Crippen LogP contribution in [0, 0.1) is 0 Å². The van der Waals surface area contributed by atoms with Gasteiger partial charge in [-0.05, 0) is 32.0 Å². The second-order valence-corrected chi connectivity index (χ2v) is 4.93. The molecule has 1 fully saturated rings. The van der Waals surface area contributed by atoms with Crippen LogP contribution in [0.5, 0.6) is 0 Å². The molecule has 0 aromatic carbocycles. The maximum Gasteiger partial charge on any atom is 0.0589 e.